The predicted molar refractivity (Wildman–Crippen MR) is 62.3 cm³/mol. The Balaban J connectivity index is 1.87. The third kappa shape index (κ3) is 2.74. The number of carbonyl (C=O) groups excluding carboxylic acids is 1. The fraction of sp³-hybridized carbons (Fsp3) is 0.917. The molecule has 2 rings (SSSR count). The summed E-state index contributed by atoms with van der Waals surface area (Å²) in [5.41, 5.74) is 5.42. The van der Waals surface area contributed by atoms with Gasteiger partial charge in [-0.25, -0.2) is 0 Å². The number of rotatable bonds is 2. The molecule has 2 atom stereocenters. The molecule has 0 aromatic heterocycles. The summed E-state index contributed by atoms with van der Waals surface area (Å²) in [6, 6.07) is 0.783. The lowest BCUT2D eigenvalue weighted by molar-refractivity contribution is -0.956. The second-order valence-corrected chi connectivity index (χ2v) is 5.59. The Bertz CT molecular complexity index is 249. The van der Waals surface area contributed by atoms with Crippen LogP contribution in [0.1, 0.15) is 25.7 Å². The van der Waals surface area contributed by atoms with E-state index in [1.54, 1.807) is 9.80 Å². The lowest BCUT2D eigenvalue weighted by atomic mass is 9.93. The van der Waals surface area contributed by atoms with E-state index in [-0.39, 0.29) is 11.8 Å². The van der Waals surface area contributed by atoms with Crippen LogP contribution in [0.25, 0.3) is 0 Å². The van der Waals surface area contributed by atoms with Gasteiger partial charge in [-0.3, -0.25) is 4.79 Å². The van der Waals surface area contributed by atoms with Gasteiger partial charge in [0.2, 0.25) is 5.91 Å². The fourth-order valence-corrected chi connectivity index (χ4v) is 3.23. The van der Waals surface area contributed by atoms with Crippen LogP contribution < -0.4 is 15.5 Å². The maximum absolute atomic E-state index is 11.2. The largest absolute Gasteiger partial charge is 0.369 e. The molecule has 0 aromatic carbocycles. The van der Waals surface area contributed by atoms with E-state index in [0.29, 0.717) is 0 Å². The number of nitrogens with two attached hydrogens (primary N) is 1. The number of carbonyl (C=O) groups is 1. The molecule has 4 heteroatoms. The average molecular weight is 227 g/mol. The first-order valence-corrected chi connectivity index (χ1v) is 6.62. The molecule has 0 aliphatic carbocycles. The monoisotopic (exact) mass is 227 g/mol. The summed E-state index contributed by atoms with van der Waals surface area (Å²) in [6.45, 7) is 4.80. The quantitative estimate of drug-likeness (QED) is 0.478. The third-order valence-electron chi connectivity index (χ3n) is 4.38. The minimum atomic E-state index is -0.0873. The Morgan fingerprint density at radius 3 is 2.50 bits per heavy atom. The highest BCUT2D eigenvalue weighted by Gasteiger charge is 2.34. The van der Waals surface area contributed by atoms with E-state index in [1.807, 2.05) is 0 Å². The highest BCUT2D eigenvalue weighted by atomic mass is 16.1. The predicted octanol–water partition coefficient (Wildman–Crippen LogP) is -2.56. The summed E-state index contributed by atoms with van der Waals surface area (Å²) >= 11 is 0. The van der Waals surface area contributed by atoms with Crippen LogP contribution in [-0.4, -0.2) is 45.2 Å². The number of amides is 1. The minimum absolute atomic E-state index is 0.0873. The van der Waals surface area contributed by atoms with Gasteiger partial charge < -0.3 is 15.5 Å². The van der Waals surface area contributed by atoms with Gasteiger partial charge in [-0.1, -0.05) is 0 Å². The second-order valence-electron chi connectivity index (χ2n) is 5.59. The van der Waals surface area contributed by atoms with E-state index < -0.39 is 0 Å². The maximum Gasteiger partial charge on any atom is 0.226 e. The molecular weight excluding hydrogens is 202 g/mol. The zero-order valence-corrected chi connectivity index (χ0v) is 10.3. The molecule has 2 heterocycles. The molecule has 1 unspecified atom stereocenters. The molecule has 0 spiro atoms. The third-order valence-corrected chi connectivity index (χ3v) is 4.38. The number of hydrogen-bond donors (Lipinski definition) is 3. The molecule has 2 fully saturated rings. The molecule has 0 radical (unpaired) electrons. The van der Waals surface area contributed by atoms with Crippen LogP contribution in [-0.2, 0) is 4.79 Å². The number of primary amides is 1. The lowest BCUT2D eigenvalue weighted by Gasteiger charge is -2.37. The van der Waals surface area contributed by atoms with Gasteiger partial charge in [-0.2, -0.15) is 0 Å². The van der Waals surface area contributed by atoms with Crippen molar-refractivity contribution in [1.82, 2.24) is 0 Å². The van der Waals surface area contributed by atoms with Crippen molar-refractivity contribution in [2.75, 3.05) is 33.2 Å². The zero-order valence-electron chi connectivity index (χ0n) is 10.3. The Morgan fingerprint density at radius 2 is 1.88 bits per heavy atom. The molecule has 0 aromatic rings. The van der Waals surface area contributed by atoms with Crippen molar-refractivity contribution in [2.45, 2.75) is 31.7 Å². The van der Waals surface area contributed by atoms with Crippen molar-refractivity contribution in [3.05, 3.63) is 0 Å². The number of quaternary nitrogens is 2. The van der Waals surface area contributed by atoms with E-state index >= 15 is 0 Å². The first-order valence-electron chi connectivity index (χ1n) is 6.62. The van der Waals surface area contributed by atoms with Gasteiger partial charge >= 0.3 is 0 Å². The molecule has 2 saturated heterocycles. The first-order chi connectivity index (χ1) is 7.66. The standard InChI is InChI=1S/C12H23N3O/c1-14-7-4-11(5-8-14)15-6-2-3-10(9-15)12(13)16/h10-11H,2-9H2,1H3,(H2,13,16)/p+2/t10-/m1/s1. The van der Waals surface area contributed by atoms with Crippen molar-refractivity contribution in [1.29, 1.82) is 0 Å². The van der Waals surface area contributed by atoms with Gasteiger partial charge in [0.05, 0.1) is 45.2 Å². The zero-order chi connectivity index (χ0) is 11.5. The summed E-state index contributed by atoms with van der Waals surface area (Å²) < 4.78 is 0. The molecule has 0 saturated carbocycles. The van der Waals surface area contributed by atoms with Crippen LogP contribution in [0.3, 0.4) is 0 Å². The van der Waals surface area contributed by atoms with Crippen LogP contribution in [0.5, 0.6) is 0 Å². The van der Waals surface area contributed by atoms with Gasteiger partial charge in [0.1, 0.15) is 0 Å². The Kier molecular flexibility index (Phi) is 3.82. The summed E-state index contributed by atoms with van der Waals surface area (Å²) in [7, 11) is 2.27. The van der Waals surface area contributed by atoms with E-state index in [9.17, 15) is 4.79 Å². The Labute approximate surface area is 97.8 Å². The average Bonchev–Trinajstić information content (AvgIpc) is 2.30. The number of likely N-dealkylation sites (tertiary alicyclic amines) is 2. The molecule has 4 nitrogen and oxygen atoms in total. The summed E-state index contributed by atoms with van der Waals surface area (Å²) in [4.78, 5) is 14.5. The molecule has 1 amide bonds. The molecule has 2 aliphatic rings. The molecule has 4 N–H and O–H groups in total. The number of hydrogen-bond acceptors (Lipinski definition) is 1. The van der Waals surface area contributed by atoms with Gasteiger partial charge in [0.15, 0.2) is 0 Å². The normalized spacial score (nSPS) is 40.6. The highest BCUT2D eigenvalue weighted by Crippen LogP contribution is 2.08. The van der Waals surface area contributed by atoms with E-state index in [2.05, 4.69) is 7.05 Å². The van der Waals surface area contributed by atoms with Gasteiger partial charge in [-0.05, 0) is 12.8 Å². The number of nitrogens with one attached hydrogen (secondary N) is 2. The second kappa shape index (κ2) is 5.15. The summed E-state index contributed by atoms with van der Waals surface area (Å²) in [6.07, 6.45) is 4.80. The van der Waals surface area contributed by atoms with Gasteiger partial charge in [0.25, 0.3) is 0 Å². The highest BCUT2D eigenvalue weighted by molar-refractivity contribution is 5.76. The van der Waals surface area contributed by atoms with E-state index in [4.69, 9.17) is 5.73 Å². The number of piperidine rings is 2. The van der Waals surface area contributed by atoms with Crippen molar-refractivity contribution in [3.8, 4) is 0 Å². The molecule has 16 heavy (non-hydrogen) atoms. The van der Waals surface area contributed by atoms with E-state index in [0.717, 1.165) is 19.0 Å². The van der Waals surface area contributed by atoms with Crippen LogP contribution >= 0.6 is 0 Å². The molecule has 2 aliphatic heterocycles. The van der Waals surface area contributed by atoms with Crippen molar-refractivity contribution >= 4 is 5.91 Å². The minimum Gasteiger partial charge on any atom is -0.369 e. The Morgan fingerprint density at radius 1 is 1.19 bits per heavy atom. The first kappa shape index (κ1) is 11.9. The molecular formula is C12H25N3O+2. The van der Waals surface area contributed by atoms with Crippen molar-refractivity contribution < 1.29 is 14.6 Å². The molecule has 92 valence electrons. The van der Waals surface area contributed by atoms with Gasteiger partial charge in [-0.15, -0.1) is 0 Å². The smallest absolute Gasteiger partial charge is 0.226 e. The van der Waals surface area contributed by atoms with Crippen LogP contribution in [0.15, 0.2) is 0 Å². The lowest BCUT2D eigenvalue weighted by Crippen LogP contribution is -3.20. The summed E-state index contributed by atoms with van der Waals surface area (Å²) in [5.74, 6) is 0.0477. The molecule has 0 bridgehead atoms. The topological polar surface area (TPSA) is 52.0 Å². The van der Waals surface area contributed by atoms with Crippen molar-refractivity contribution in [3.63, 3.8) is 0 Å². The van der Waals surface area contributed by atoms with Crippen LogP contribution in [0.4, 0.5) is 0 Å². The SMILES string of the molecule is C[NH+]1CCC([NH+]2CCC[C@@H](C(N)=O)C2)CC1. The fourth-order valence-electron chi connectivity index (χ4n) is 3.23. The Hall–Kier alpha value is -0.610. The van der Waals surface area contributed by atoms with E-state index in [1.165, 1.54) is 38.9 Å². The van der Waals surface area contributed by atoms with Crippen molar-refractivity contribution in [2.24, 2.45) is 11.7 Å². The van der Waals surface area contributed by atoms with Gasteiger partial charge in [0, 0.05) is 12.8 Å². The maximum atomic E-state index is 11.2. The summed E-state index contributed by atoms with van der Waals surface area (Å²) in [5, 5.41) is 0. The van der Waals surface area contributed by atoms with Crippen LogP contribution in [0, 0.1) is 5.92 Å². The van der Waals surface area contributed by atoms with Crippen LogP contribution in [0.2, 0.25) is 0 Å².